The summed E-state index contributed by atoms with van der Waals surface area (Å²) in [6.07, 6.45) is 0. The molecule has 1 amide bonds. The molecule has 1 aromatic carbocycles. The number of benzene rings is 1. The summed E-state index contributed by atoms with van der Waals surface area (Å²) >= 11 is 2.12. The standard InChI is InChI=1S/C13H18INO3/c1-4-15(9(2)8-18-3)13(17)11-7-10(14)5-6-12(11)16/h5-7,9,16H,4,8H2,1-3H3. The summed E-state index contributed by atoms with van der Waals surface area (Å²) in [6.45, 7) is 4.89. The van der Waals surface area contributed by atoms with Gasteiger partial charge in [-0.05, 0) is 54.6 Å². The average molecular weight is 363 g/mol. The molecule has 1 unspecified atom stereocenters. The SMILES string of the molecule is CCN(C(=O)c1cc(I)ccc1O)C(C)COC. The van der Waals surface area contributed by atoms with E-state index in [4.69, 9.17) is 4.74 Å². The number of phenolic OH excluding ortho intramolecular Hbond substituents is 1. The predicted molar refractivity (Wildman–Crippen MR) is 78.9 cm³/mol. The van der Waals surface area contributed by atoms with Gasteiger partial charge in [0, 0.05) is 17.2 Å². The first kappa shape index (κ1) is 15.2. The summed E-state index contributed by atoms with van der Waals surface area (Å²) < 4.78 is 5.99. The van der Waals surface area contributed by atoms with E-state index in [2.05, 4.69) is 22.6 Å². The van der Waals surface area contributed by atoms with Crippen molar-refractivity contribution in [2.75, 3.05) is 20.3 Å². The lowest BCUT2D eigenvalue weighted by molar-refractivity contribution is 0.0576. The number of hydrogen-bond donors (Lipinski definition) is 1. The number of halogens is 1. The number of nitrogens with zero attached hydrogens (tertiary/aromatic N) is 1. The first-order valence-electron chi connectivity index (χ1n) is 5.79. The first-order valence-corrected chi connectivity index (χ1v) is 6.87. The number of ether oxygens (including phenoxy) is 1. The molecule has 0 aliphatic heterocycles. The van der Waals surface area contributed by atoms with Crippen molar-refractivity contribution in [1.82, 2.24) is 4.90 Å². The van der Waals surface area contributed by atoms with E-state index in [-0.39, 0.29) is 17.7 Å². The lowest BCUT2D eigenvalue weighted by Crippen LogP contribution is -2.41. The minimum absolute atomic E-state index is 0.0171. The maximum absolute atomic E-state index is 12.4. The van der Waals surface area contributed by atoms with Gasteiger partial charge in [-0.25, -0.2) is 0 Å². The number of hydrogen-bond acceptors (Lipinski definition) is 3. The van der Waals surface area contributed by atoms with Gasteiger partial charge < -0.3 is 14.7 Å². The molecule has 1 N–H and O–H groups in total. The molecular formula is C13H18INO3. The fraction of sp³-hybridized carbons (Fsp3) is 0.462. The summed E-state index contributed by atoms with van der Waals surface area (Å²) in [5.41, 5.74) is 0.340. The minimum atomic E-state index is -0.168. The molecule has 0 aliphatic rings. The van der Waals surface area contributed by atoms with E-state index < -0.39 is 0 Å². The molecular weight excluding hydrogens is 345 g/mol. The van der Waals surface area contributed by atoms with Gasteiger partial charge in [0.1, 0.15) is 5.75 Å². The number of rotatable bonds is 5. The number of carbonyl (C=O) groups excluding carboxylic acids is 1. The zero-order chi connectivity index (χ0) is 13.7. The van der Waals surface area contributed by atoms with Gasteiger partial charge in [-0.3, -0.25) is 4.79 Å². The Bertz CT molecular complexity index is 423. The summed E-state index contributed by atoms with van der Waals surface area (Å²) in [7, 11) is 1.61. The van der Waals surface area contributed by atoms with Crippen molar-refractivity contribution in [3.8, 4) is 5.75 Å². The highest BCUT2D eigenvalue weighted by atomic mass is 127. The molecule has 4 nitrogen and oxygen atoms in total. The van der Waals surface area contributed by atoms with Crippen LogP contribution in [0.25, 0.3) is 0 Å². The van der Waals surface area contributed by atoms with E-state index in [9.17, 15) is 9.90 Å². The summed E-state index contributed by atoms with van der Waals surface area (Å²) in [5.74, 6) is -0.151. The van der Waals surface area contributed by atoms with E-state index in [0.29, 0.717) is 18.7 Å². The Labute approximate surface area is 121 Å². The minimum Gasteiger partial charge on any atom is -0.507 e. The molecule has 0 saturated heterocycles. The highest BCUT2D eigenvalue weighted by molar-refractivity contribution is 14.1. The molecule has 1 atom stereocenters. The first-order chi connectivity index (χ1) is 8.51. The molecule has 0 heterocycles. The maximum Gasteiger partial charge on any atom is 0.257 e. The van der Waals surface area contributed by atoms with Gasteiger partial charge in [0.25, 0.3) is 5.91 Å². The highest BCUT2D eigenvalue weighted by Gasteiger charge is 2.22. The number of amides is 1. The third kappa shape index (κ3) is 3.58. The topological polar surface area (TPSA) is 49.8 Å². The summed E-state index contributed by atoms with van der Waals surface area (Å²) in [5, 5.41) is 9.78. The van der Waals surface area contributed by atoms with Crippen LogP contribution in [0.2, 0.25) is 0 Å². The quantitative estimate of drug-likeness (QED) is 0.818. The van der Waals surface area contributed by atoms with Crippen molar-refractivity contribution >= 4 is 28.5 Å². The van der Waals surface area contributed by atoms with Crippen LogP contribution in [0, 0.1) is 3.57 Å². The lowest BCUT2D eigenvalue weighted by Gasteiger charge is -2.27. The summed E-state index contributed by atoms with van der Waals surface area (Å²) in [6, 6.07) is 4.98. The Morgan fingerprint density at radius 1 is 1.56 bits per heavy atom. The van der Waals surface area contributed by atoms with Crippen molar-refractivity contribution in [2.24, 2.45) is 0 Å². The van der Waals surface area contributed by atoms with E-state index >= 15 is 0 Å². The number of carbonyl (C=O) groups is 1. The Kier molecular flexibility index (Phi) is 5.87. The molecule has 0 saturated carbocycles. The van der Waals surface area contributed by atoms with Crippen LogP contribution in [0.5, 0.6) is 5.75 Å². The van der Waals surface area contributed by atoms with Gasteiger partial charge in [0.05, 0.1) is 18.2 Å². The van der Waals surface area contributed by atoms with Crippen LogP contribution in [0.1, 0.15) is 24.2 Å². The van der Waals surface area contributed by atoms with E-state index in [0.717, 1.165) is 3.57 Å². The van der Waals surface area contributed by atoms with Crippen molar-refractivity contribution in [1.29, 1.82) is 0 Å². The number of likely N-dealkylation sites (N-methyl/N-ethyl adjacent to an activating group) is 1. The van der Waals surface area contributed by atoms with Crippen LogP contribution in [-0.4, -0.2) is 42.2 Å². The van der Waals surface area contributed by atoms with Crippen molar-refractivity contribution in [3.63, 3.8) is 0 Å². The molecule has 1 rings (SSSR count). The van der Waals surface area contributed by atoms with E-state index in [1.165, 1.54) is 0 Å². The molecule has 18 heavy (non-hydrogen) atoms. The van der Waals surface area contributed by atoms with Gasteiger partial charge in [-0.1, -0.05) is 0 Å². The predicted octanol–water partition coefficient (Wildman–Crippen LogP) is 2.49. The molecule has 1 aromatic rings. The monoisotopic (exact) mass is 363 g/mol. The Morgan fingerprint density at radius 3 is 2.78 bits per heavy atom. The zero-order valence-corrected chi connectivity index (χ0v) is 13.0. The van der Waals surface area contributed by atoms with Crippen LogP contribution < -0.4 is 0 Å². The Hall–Kier alpha value is -0.820. The van der Waals surface area contributed by atoms with E-state index in [1.807, 2.05) is 13.8 Å². The highest BCUT2D eigenvalue weighted by Crippen LogP contribution is 2.22. The van der Waals surface area contributed by atoms with Gasteiger partial charge in [-0.15, -0.1) is 0 Å². The van der Waals surface area contributed by atoms with Crippen LogP contribution >= 0.6 is 22.6 Å². The fourth-order valence-corrected chi connectivity index (χ4v) is 2.31. The second-order valence-electron chi connectivity index (χ2n) is 4.06. The Balaban J connectivity index is 2.99. The number of methoxy groups -OCH3 is 1. The van der Waals surface area contributed by atoms with E-state index in [1.54, 1.807) is 30.2 Å². The van der Waals surface area contributed by atoms with Crippen LogP contribution in [0.3, 0.4) is 0 Å². The maximum atomic E-state index is 12.4. The smallest absolute Gasteiger partial charge is 0.257 e. The van der Waals surface area contributed by atoms with Crippen molar-refractivity contribution in [3.05, 3.63) is 27.3 Å². The molecule has 5 heteroatoms. The van der Waals surface area contributed by atoms with Crippen LogP contribution in [-0.2, 0) is 4.74 Å². The number of phenols is 1. The third-order valence-electron chi connectivity index (χ3n) is 2.73. The average Bonchev–Trinajstić information content (AvgIpc) is 2.33. The molecule has 0 fully saturated rings. The summed E-state index contributed by atoms with van der Waals surface area (Å²) in [4.78, 5) is 14.1. The van der Waals surface area contributed by atoms with Crippen LogP contribution in [0.15, 0.2) is 18.2 Å². The van der Waals surface area contributed by atoms with Gasteiger partial charge in [0.2, 0.25) is 0 Å². The zero-order valence-electron chi connectivity index (χ0n) is 10.8. The van der Waals surface area contributed by atoms with Gasteiger partial charge in [0.15, 0.2) is 0 Å². The largest absolute Gasteiger partial charge is 0.507 e. The molecule has 0 aromatic heterocycles. The van der Waals surface area contributed by atoms with Crippen LogP contribution in [0.4, 0.5) is 0 Å². The Morgan fingerprint density at radius 2 is 2.22 bits per heavy atom. The van der Waals surface area contributed by atoms with Crippen molar-refractivity contribution in [2.45, 2.75) is 19.9 Å². The molecule has 0 aliphatic carbocycles. The third-order valence-corrected chi connectivity index (χ3v) is 3.40. The van der Waals surface area contributed by atoms with Gasteiger partial charge in [-0.2, -0.15) is 0 Å². The molecule has 100 valence electrons. The van der Waals surface area contributed by atoms with Crippen molar-refractivity contribution < 1.29 is 14.6 Å². The fourth-order valence-electron chi connectivity index (χ4n) is 1.82. The second kappa shape index (κ2) is 6.94. The molecule has 0 bridgehead atoms. The normalized spacial score (nSPS) is 12.2. The number of aromatic hydroxyl groups is 1. The lowest BCUT2D eigenvalue weighted by atomic mass is 10.1. The second-order valence-corrected chi connectivity index (χ2v) is 5.30. The molecule has 0 radical (unpaired) electrons. The van der Waals surface area contributed by atoms with Gasteiger partial charge >= 0.3 is 0 Å². The molecule has 0 spiro atoms.